The average molecular weight is 430 g/mol. The fourth-order valence-corrected chi connectivity index (χ4v) is 3.60. The fraction of sp³-hybridized carbons (Fsp3) is 0.231. The Labute approximate surface area is 187 Å². The van der Waals surface area contributed by atoms with Crippen molar-refractivity contribution in [3.8, 4) is 5.75 Å². The summed E-state index contributed by atoms with van der Waals surface area (Å²) in [5, 5.41) is 2.37. The van der Waals surface area contributed by atoms with E-state index in [1.54, 1.807) is 12.5 Å². The van der Waals surface area contributed by atoms with Crippen LogP contribution in [-0.4, -0.2) is 28.2 Å². The monoisotopic (exact) mass is 429 g/mol. The lowest BCUT2D eigenvalue weighted by Crippen LogP contribution is -2.21. The minimum atomic E-state index is -0.533. The van der Waals surface area contributed by atoms with Crippen LogP contribution in [0.2, 0.25) is 0 Å². The zero-order valence-corrected chi connectivity index (χ0v) is 17.9. The molecule has 3 aromatic carbocycles. The van der Waals surface area contributed by atoms with Gasteiger partial charge in [-0.25, -0.2) is 4.98 Å². The Morgan fingerprint density at radius 1 is 1.00 bits per heavy atom. The third-order valence-corrected chi connectivity index (χ3v) is 5.29. The summed E-state index contributed by atoms with van der Waals surface area (Å²) in [6.45, 7) is 1.71. The molecule has 0 radical (unpaired) electrons. The molecule has 32 heavy (non-hydrogen) atoms. The van der Waals surface area contributed by atoms with Crippen LogP contribution in [0, 0.1) is 0 Å². The first-order chi connectivity index (χ1) is 15.7. The smallest absolute Gasteiger partial charge is 0.268 e. The van der Waals surface area contributed by atoms with Crippen LogP contribution in [-0.2, 0) is 17.9 Å². The van der Waals surface area contributed by atoms with Gasteiger partial charge in [0.15, 0.2) is 0 Å². The number of rotatable bonds is 11. The Morgan fingerprint density at radius 2 is 1.78 bits per heavy atom. The van der Waals surface area contributed by atoms with Gasteiger partial charge in [-0.2, -0.15) is 0 Å². The summed E-state index contributed by atoms with van der Waals surface area (Å²) in [5.41, 5.74) is 6.69. The first-order valence-electron chi connectivity index (χ1n) is 10.8. The Balaban J connectivity index is 1.33. The molecule has 1 atom stereocenters. The lowest BCUT2D eigenvalue weighted by molar-refractivity contribution is 0.0203. The van der Waals surface area contributed by atoms with Crippen LogP contribution in [0.25, 0.3) is 10.8 Å². The molecular formula is C26H27N3O3. The van der Waals surface area contributed by atoms with E-state index in [0.717, 1.165) is 24.2 Å². The highest BCUT2D eigenvalue weighted by molar-refractivity contribution is 5.90. The number of imidazole rings is 1. The van der Waals surface area contributed by atoms with E-state index in [-0.39, 0.29) is 11.8 Å². The molecule has 4 rings (SSSR count). The van der Waals surface area contributed by atoms with Crippen LogP contribution in [0.4, 0.5) is 0 Å². The molecule has 0 saturated heterocycles. The minimum absolute atomic E-state index is 0.0506. The van der Waals surface area contributed by atoms with Gasteiger partial charge in [0.25, 0.3) is 5.91 Å². The molecular weight excluding hydrogens is 402 g/mol. The van der Waals surface area contributed by atoms with Crippen molar-refractivity contribution < 1.29 is 14.3 Å². The molecule has 0 fully saturated rings. The van der Waals surface area contributed by atoms with Gasteiger partial charge >= 0.3 is 0 Å². The van der Waals surface area contributed by atoms with Gasteiger partial charge in [-0.05, 0) is 41.3 Å². The number of primary amides is 1. The zero-order valence-electron chi connectivity index (χ0n) is 17.9. The van der Waals surface area contributed by atoms with Gasteiger partial charge in [-0.3, -0.25) is 4.79 Å². The number of benzene rings is 3. The van der Waals surface area contributed by atoms with Gasteiger partial charge in [0.1, 0.15) is 11.4 Å². The van der Waals surface area contributed by atoms with Crippen LogP contribution < -0.4 is 10.5 Å². The van der Waals surface area contributed by atoms with Gasteiger partial charge in [0.05, 0.1) is 25.6 Å². The number of hydrogen-bond acceptors (Lipinski definition) is 4. The standard InChI is InChI=1S/C26H27N3O3/c27-26(30)25-17-29(19-28-25)16-24(32-18-20-7-2-1-3-8-20)11-6-14-31-23-13-12-21-9-4-5-10-22(21)15-23/h1-5,7-10,12-13,15,17,19,24H,6,11,14,16,18H2,(H2,27,30)/t24-/m0/s1. The number of ether oxygens (including phenoxy) is 2. The third-order valence-electron chi connectivity index (χ3n) is 5.29. The maximum absolute atomic E-state index is 11.3. The zero-order chi connectivity index (χ0) is 22.2. The normalized spacial score (nSPS) is 12.0. The fourth-order valence-electron chi connectivity index (χ4n) is 3.60. The molecule has 0 spiro atoms. The lowest BCUT2D eigenvalue weighted by atomic mass is 10.1. The third kappa shape index (κ3) is 5.95. The summed E-state index contributed by atoms with van der Waals surface area (Å²) >= 11 is 0. The van der Waals surface area contributed by atoms with Crippen LogP contribution in [0.3, 0.4) is 0 Å². The van der Waals surface area contributed by atoms with E-state index in [2.05, 4.69) is 29.2 Å². The topological polar surface area (TPSA) is 79.4 Å². The van der Waals surface area contributed by atoms with E-state index >= 15 is 0 Å². The SMILES string of the molecule is NC(=O)c1cn(C[C@H](CCCOc2ccc3ccccc3c2)OCc2ccccc2)cn1. The number of aromatic nitrogens is 2. The van der Waals surface area contributed by atoms with Crippen molar-refractivity contribution in [2.75, 3.05) is 6.61 Å². The van der Waals surface area contributed by atoms with Crippen LogP contribution >= 0.6 is 0 Å². The van der Waals surface area contributed by atoms with Crippen molar-refractivity contribution in [3.63, 3.8) is 0 Å². The number of fused-ring (bicyclic) bond motifs is 1. The number of hydrogen-bond donors (Lipinski definition) is 1. The van der Waals surface area contributed by atoms with E-state index in [9.17, 15) is 4.79 Å². The molecule has 0 bridgehead atoms. The molecule has 0 aliphatic heterocycles. The van der Waals surface area contributed by atoms with Crippen molar-refractivity contribution >= 4 is 16.7 Å². The second-order valence-corrected chi connectivity index (χ2v) is 7.74. The highest BCUT2D eigenvalue weighted by Gasteiger charge is 2.13. The molecule has 1 amide bonds. The molecule has 1 heterocycles. The molecule has 0 aliphatic carbocycles. The Kier molecular flexibility index (Phi) is 7.15. The predicted octanol–water partition coefficient (Wildman–Crippen LogP) is 4.58. The maximum atomic E-state index is 11.3. The van der Waals surface area contributed by atoms with Gasteiger partial charge < -0.3 is 19.8 Å². The summed E-state index contributed by atoms with van der Waals surface area (Å²) in [5.74, 6) is 0.334. The van der Waals surface area contributed by atoms with Gasteiger partial charge in [-0.1, -0.05) is 60.7 Å². The van der Waals surface area contributed by atoms with E-state index < -0.39 is 5.91 Å². The number of amides is 1. The number of carbonyl (C=O) groups excluding carboxylic acids is 1. The number of nitrogens with zero attached hydrogens (tertiary/aromatic N) is 2. The molecule has 4 aromatic rings. The van der Waals surface area contributed by atoms with E-state index in [4.69, 9.17) is 15.2 Å². The Morgan fingerprint density at radius 3 is 2.56 bits per heavy atom. The van der Waals surface area contributed by atoms with Crippen LogP contribution in [0.5, 0.6) is 5.75 Å². The van der Waals surface area contributed by atoms with Crippen molar-refractivity contribution in [1.29, 1.82) is 0 Å². The summed E-state index contributed by atoms with van der Waals surface area (Å²) in [6, 6.07) is 24.5. The average Bonchev–Trinajstić information content (AvgIpc) is 3.29. The van der Waals surface area contributed by atoms with Gasteiger partial charge in [-0.15, -0.1) is 0 Å². The molecule has 6 nitrogen and oxygen atoms in total. The molecule has 1 aromatic heterocycles. The molecule has 0 saturated carbocycles. The molecule has 164 valence electrons. The predicted molar refractivity (Wildman–Crippen MR) is 124 cm³/mol. The summed E-state index contributed by atoms with van der Waals surface area (Å²) in [4.78, 5) is 15.4. The molecule has 0 unspecified atom stereocenters. The van der Waals surface area contributed by atoms with Crippen molar-refractivity contribution in [2.24, 2.45) is 5.73 Å². The van der Waals surface area contributed by atoms with Crippen molar-refractivity contribution in [3.05, 3.63) is 96.6 Å². The van der Waals surface area contributed by atoms with E-state index in [0.29, 0.717) is 19.8 Å². The largest absolute Gasteiger partial charge is 0.494 e. The molecule has 2 N–H and O–H groups in total. The van der Waals surface area contributed by atoms with Crippen LogP contribution in [0.1, 0.15) is 28.9 Å². The Hall–Kier alpha value is -3.64. The second-order valence-electron chi connectivity index (χ2n) is 7.74. The quantitative estimate of drug-likeness (QED) is 0.354. The van der Waals surface area contributed by atoms with Crippen molar-refractivity contribution in [1.82, 2.24) is 9.55 Å². The summed E-state index contributed by atoms with van der Waals surface area (Å²) in [6.07, 6.45) is 4.87. The first-order valence-corrected chi connectivity index (χ1v) is 10.8. The highest BCUT2D eigenvalue weighted by Crippen LogP contribution is 2.21. The Bertz CT molecular complexity index is 1160. The second kappa shape index (κ2) is 10.6. The first kappa shape index (κ1) is 21.6. The summed E-state index contributed by atoms with van der Waals surface area (Å²) in [7, 11) is 0. The lowest BCUT2D eigenvalue weighted by Gasteiger charge is -2.19. The highest BCUT2D eigenvalue weighted by atomic mass is 16.5. The van der Waals surface area contributed by atoms with E-state index in [1.165, 1.54) is 10.8 Å². The summed E-state index contributed by atoms with van der Waals surface area (Å²) < 4.78 is 14.0. The molecule has 6 heteroatoms. The van der Waals surface area contributed by atoms with Gasteiger partial charge in [0.2, 0.25) is 0 Å². The molecule has 0 aliphatic rings. The number of nitrogens with two attached hydrogens (primary N) is 1. The number of carbonyl (C=O) groups is 1. The van der Waals surface area contributed by atoms with E-state index in [1.807, 2.05) is 53.1 Å². The maximum Gasteiger partial charge on any atom is 0.268 e. The minimum Gasteiger partial charge on any atom is -0.494 e. The van der Waals surface area contributed by atoms with Crippen molar-refractivity contribution in [2.45, 2.75) is 32.1 Å². The van der Waals surface area contributed by atoms with Gasteiger partial charge in [0, 0.05) is 12.7 Å². The van der Waals surface area contributed by atoms with Crippen LogP contribution in [0.15, 0.2) is 85.3 Å².